The fraction of sp³-hybridized carbons (Fsp3) is 0.450. The van der Waals surface area contributed by atoms with Crippen molar-refractivity contribution in [3.63, 3.8) is 0 Å². The Morgan fingerprint density at radius 2 is 2.00 bits per heavy atom. The number of hydrogen-bond acceptors (Lipinski definition) is 3. The lowest BCUT2D eigenvalue weighted by Crippen LogP contribution is -2.40. The number of nitrogens with one attached hydrogen (secondary N) is 1. The van der Waals surface area contributed by atoms with Crippen LogP contribution >= 0.6 is 0 Å². The van der Waals surface area contributed by atoms with Crippen molar-refractivity contribution < 1.29 is 9.59 Å². The number of rotatable bonds is 5. The highest BCUT2D eigenvalue weighted by Crippen LogP contribution is 2.29. The molecule has 1 atom stereocenters. The minimum Gasteiger partial charge on any atom is -0.345 e. The van der Waals surface area contributed by atoms with Gasteiger partial charge in [0.25, 0.3) is 5.91 Å². The Kier molecular flexibility index (Phi) is 4.73. The third-order valence-corrected chi connectivity index (χ3v) is 5.56. The molecule has 1 aromatic heterocycles. The van der Waals surface area contributed by atoms with Gasteiger partial charge in [0.05, 0.1) is 12.5 Å². The first-order chi connectivity index (χ1) is 12.7. The van der Waals surface area contributed by atoms with Gasteiger partial charge in [-0.05, 0) is 42.9 Å². The number of aryl methyl sites for hydroxylation is 1. The Balaban J connectivity index is 1.27. The highest BCUT2D eigenvalue weighted by atomic mass is 16.2. The van der Waals surface area contributed by atoms with Crippen LogP contribution in [0.2, 0.25) is 0 Å². The van der Waals surface area contributed by atoms with E-state index in [0.717, 1.165) is 44.5 Å². The third kappa shape index (κ3) is 3.49. The second kappa shape index (κ2) is 7.32. The molecule has 0 bridgehead atoms. The first-order valence-electron chi connectivity index (χ1n) is 9.35. The molecule has 136 valence electrons. The molecule has 0 aliphatic carbocycles. The van der Waals surface area contributed by atoms with E-state index < -0.39 is 0 Å². The maximum absolute atomic E-state index is 12.7. The number of carbonyl (C=O) groups excluding carboxylic acids is 2. The summed E-state index contributed by atoms with van der Waals surface area (Å²) in [7, 11) is 0. The molecule has 3 heterocycles. The van der Waals surface area contributed by atoms with Crippen LogP contribution in [-0.2, 0) is 11.3 Å². The Labute approximate surface area is 153 Å². The van der Waals surface area contributed by atoms with Crippen LogP contribution in [-0.4, -0.2) is 39.6 Å². The number of benzene rings is 1. The fourth-order valence-corrected chi connectivity index (χ4v) is 4.00. The van der Waals surface area contributed by atoms with Crippen molar-refractivity contribution in [1.82, 2.24) is 20.0 Å². The molecule has 2 aliphatic heterocycles. The Hall–Kier alpha value is -2.63. The molecule has 2 amide bonds. The van der Waals surface area contributed by atoms with Crippen molar-refractivity contribution >= 4 is 11.8 Å². The van der Waals surface area contributed by atoms with Gasteiger partial charge in [-0.2, -0.15) is 5.10 Å². The average molecular weight is 352 g/mol. The summed E-state index contributed by atoms with van der Waals surface area (Å²) in [4.78, 5) is 26.6. The summed E-state index contributed by atoms with van der Waals surface area (Å²) in [6, 6.07) is 9.29. The molecule has 0 saturated carbocycles. The summed E-state index contributed by atoms with van der Waals surface area (Å²) < 4.78 is 1.97. The lowest BCUT2D eigenvalue weighted by atomic mass is 9.93. The van der Waals surface area contributed by atoms with Crippen molar-refractivity contribution in [1.29, 1.82) is 0 Å². The van der Waals surface area contributed by atoms with Crippen LogP contribution in [0.15, 0.2) is 42.7 Å². The van der Waals surface area contributed by atoms with E-state index in [0.29, 0.717) is 17.9 Å². The number of nitrogens with zero attached hydrogens (tertiary/aromatic N) is 3. The third-order valence-electron chi connectivity index (χ3n) is 5.56. The Bertz CT molecular complexity index is 779. The number of likely N-dealkylation sites (tertiary alicyclic amines) is 1. The van der Waals surface area contributed by atoms with Crippen molar-refractivity contribution in [2.75, 3.05) is 13.1 Å². The van der Waals surface area contributed by atoms with Gasteiger partial charge in [0.2, 0.25) is 5.91 Å². The van der Waals surface area contributed by atoms with E-state index in [2.05, 4.69) is 10.4 Å². The van der Waals surface area contributed by atoms with Crippen molar-refractivity contribution in [3.8, 4) is 0 Å². The van der Waals surface area contributed by atoms with E-state index in [1.165, 1.54) is 0 Å². The van der Waals surface area contributed by atoms with Gasteiger partial charge >= 0.3 is 0 Å². The van der Waals surface area contributed by atoms with Gasteiger partial charge in [0.1, 0.15) is 0 Å². The molecular weight excluding hydrogens is 328 g/mol. The minimum absolute atomic E-state index is 0.0734. The molecule has 1 N–H and O–H groups in total. The number of hydrogen-bond donors (Lipinski definition) is 1. The monoisotopic (exact) mass is 352 g/mol. The molecule has 6 heteroatoms. The SMILES string of the molecule is O=C1N[C@H](CC(=O)N2CCC(CCn3cccn3)CC2)c2ccccc21. The summed E-state index contributed by atoms with van der Waals surface area (Å²) in [6.07, 6.45) is 7.34. The van der Waals surface area contributed by atoms with Crippen LogP contribution in [0.4, 0.5) is 0 Å². The van der Waals surface area contributed by atoms with Gasteiger partial charge in [-0.1, -0.05) is 18.2 Å². The van der Waals surface area contributed by atoms with Crippen LogP contribution in [0.25, 0.3) is 0 Å². The van der Waals surface area contributed by atoms with Crippen LogP contribution in [0.3, 0.4) is 0 Å². The van der Waals surface area contributed by atoms with Gasteiger partial charge in [0.15, 0.2) is 0 Å². The molecule has 4 rings (SSSR count). The lowest BCUT2D eigenvalue weighted by molar-refractivity contribution is -0.133. The number of piperidine rings is 1. The van der Waals surface area contributed by atoms with E-state index >= 15 is 0 Å². The topological polar surface area (TPSA) is 67.2 Å². The number of fused-ring (bicyclic) bond motifs is 1. The predicted molar refractivity (Wildman–Crippen MR) is 97.4 cm³/mol. The highest BCUT2D eigenvalue weighted by molar-refractivity contribution is 5.99. The summed E-state index contributed by atoms with van der Waals surface area (Å²) in [5.41, 5.74) is 1.64. The smallest absolute Gasteiger partial charge is 0.252 e. The molecule has 26 heavy (non-hydrogen) atoms. The second-order valence-electron chi connectivity index (χ2n) is 7.20. The van der Waals surface area contributed by atoms with Crippen LogP contribution in [0, 0.1) is 5.92 Å². The minimum atomic E-state index is -0.191. The standard InChI is InChI=1S/C20H24N4O2/c25-19(14-18-16-4-1-2-5-17(16)20(26)22-18)23-11-6-15(7-12-23)8-13-24-10-3-9-21-24/h1-5,9-10,15,18H,6-8,11-14H2,(H,22,26)/t18-/m1/s1. The molecular formula is C20H24N4O2. The zero-order valence-corrected chi connectivity index (χ0v) is 14.8. The van der Waals surface area contributed by atoms with E-state index in [4.69, 9.17) is 0 Å². The summed E-state index contributed by atoms with van der Waals surface area (Å²) in [6.45, 7) is 2.56. The quantitative estimate of drug-likeness (QED) is 0.898. The van der Waals surface area contributed by atoms with Gasteiger partial charge < -0.3 is 10.2 Å². The average Bonchev–Trinajstić information content (AvgIpc) is 3.29. The van der Waals surface area contributed by atoms with E-state index in [-0.39, 0.29) is 17.9 Å². The van der Waals surface area contributed by atoms with Gasteiger partial charge in [0, 0.05) is 37.6 Å². The first kappa shape index (κ1) is 16.8. The molecule has 2 aromatic rings. The molecule has 6 nitrogen and oxygen atoms in total. The highest BCUT2D eigenvalue weighted by Gasteiger charge is 2.31. The van der Waals surface area contributed by atoms with Gasteiger partial charge in [-0.25, -0.2) is 0 Å². The van der Waals surface area contributed by atoms with Crippen LogP contribution in [0.1, 0.15) is 47.6 Å². The maximum atomic E-state index is 12.7. The zero-order valence-electron chi connectivity index (χ0n) is 14.8. The first-order valence-corrected chi connectivity index (χ1v) is 9.35. The van der Waals surface area contributed by atoms with Crippen LogP contribution < -0.4 is 5.32 Å². The molecule has 2 aliphatic rings. The maximum Gasteiger partial charge on any atom is 0.252 e. The number of aromatic nitrogens is 2. The number of amides is 2. The van der Waals surface area contributed by atoms with Crippen LogP contribution in [0.5, 0.6) is 0 Å². The van der Waals surface area contributed by atoms with Crippen molar-refractivity contribution in [2.45, 2.75) is 38.3 Å². The van der Waals surface area contributed by atoms with E-state index in [9.17, 15) is 9.59 Å². The zero-order chi connectivity index (χ0) is 17.9. The van der Waals surface area contributed by atoms with Crippen molar-refractivity contribution in [2.24, 2.45) is 5.92 Å². The molecule has 0 unspecified atom stereocenters. The predicted octanol–water partition coefficient (Wildman–Crippen LogP) is 2.39. The summed E-state index contributed by atoms with van der Waals surface area (Å²) in [5.74, 6) is 0.711. The lowest BCUT2D eigenvalue weighted by Gasteiger charge is -2.32. The largest absolute Gasteiger partial charge is 0.345 e. The van der Waals surface area contributed by atoms with E-state index in [1.807, 2.05) is 46.1 Å². The fourth-order valence-electron chi connectivity index (χ4n) is 4.00. The molecule has 1 fully saturated rings. The number of carbonyl (C=O) groups is 2. The van der Waals surface area contributed by atoms with Gasteiger partial charge in [-0.15, -0.1) is 0 Å². The molecule has 1 saturated heterocycles. The molecule has 0 radical (unpaired) electrons. The molecule has 0 spiro atoms. The Morgan fingerprint density at radius 1 is 1.19 bits per heavy atom. The Morgan fingerprint density at radius 3 is 2.77 bits per heavy atom. The molecule has 1 aromatic carbocycles. The van der Waals surface area contributed by atoms with Gasteiger partial charge in [-0.3, -0.25) is 14.3 Å². The second-order valence-corrected chi connectivity index (χ2v) is 7.20. The summed E-state index contributed by atoms with van der Waals surface area (Å²) in [5, 5.41) is 7.18. The van der Waals surface area contributed by atoms with E-state index in [1.54, 1.807) is 6.20 Å². The normalized spacial score (nSPS) is 20.1. The van der Waals surface area contributed by atoms with Crippen molar-refractivity contribution in [3.05, 3.63) is 53.9 Å². The summed E-state index contributed by atoms with van der Waals surface area (Å²) >= 11 is 0.